The van der Waals surface area contributed by atoms with Gasteiger partial charge in [0.2, 0.25) is 11.8 Å². The monoisotopic (exact) mass is 250 g/mol. The van der Waals surface area contributed by atoms with Gasteiger partial charge in [0.15, 0.2) is 0 Å². The molecule has 1 unspecified atom stereocenters. The van der Waals surface area contributed by atoms with Gasteiger partial charge in [-0.05, 0) is 45.7 Å². The molecule has 1 atom stereocenters. The highest BCUT2D eigenvalue weighted by Gasteiger charge is 2.13. The standard InChI is InChI=1S/C13H22N4O/c1-10(2)18-12-5-8-16-13(17-12)15-7-4-11-3-6-14-9-11/h5,8,10-11,14H,3-4,6-7,9H2,1-2H3,(H,15,16,17). The number of nitrogens with zero attached hydrogens (tertiary/aromatic N) is 2. The van der Waals surface area contributed by atoms with E-state index in [0.29, 0.717) is 11.8 Å². The van der Waals surface area contributed by atoms with Crippen LogP contribution in [0.1, 0.15) is 26.7 Å². The minimum Gasteiger partial charge on any atom is -0.475 e. The molecule has 100 valence electrons. The second kappa shape index (κ2) is 6.54. The highest BCUT2D eigenvalue weighted by Crippen LogP contribution is 2.13. The Hall–Kier alpha value is -1.36. The number of anilines is 1. The van der Waals surface area contributed by atoms with E-state index in [1.807, 2.05) is 13.8 Å². The molecule has 1 aliphatic rings. The third kappa shape index (κ3) is 4.14. The average Bonchev–Trinajstić information content (AvgIpc) is 2.82. The summed E-state index contributed by atoms with van der Waals surface area (Å²) in [7, 11) is 0. The Balaban J connectivity index is 1.77. The summed E-state index contributed by atoms with van der Waals surface area (Å²) in [6, 6.07) is 1.78. The van der Waals surface area contributed by atoms with Gasteiger partial charge >= 0.3 is 0 Å². The summed E-state index contributed by atoms with van der Waals surface area (Å²) in [5.74, 6) is 2.07. The van der Waals surface area contributed by atoms with E-state index in [1.54, 1.807) is 12.3 Å². The highest BCUT2D eigenvalue weighted by molar-refractivity contribution is 5.27. The predicted octanol–water partition coefficient (Wildman–Crippen LogP) is 1.68. The molecule has 1 aromatic rings. The van der Waals surface area contributed by atoms with Crippen LogP contribution in [-0.2, 0) is 0 Å². The molecule has 1 fully saturated rings. The van der Waals surface area contributed by atoms with Gasteiger partial charge in [0.25, 0.3) is 0 Å². The molecular formula is C13H22N4O. The summed E-state index contributed by atoms with van der Waals surface area (Å²) in [6.45, 7) is 7.18. The van der Waals surface area contributed by atoms with E-state index in [0.717, 1.165) is 32.0 Å². The van der Waals surface area contributed by atoms with Crippen molar-refractivity contribution in [2.24, 2.45) is 5.92 Å². The zero-order valence-corrected chi connectivity index (χ0v) is 11.1. The fourth-order valence-corrected chi connectivity index (χ4v) is 2.08. The van der Waals surface area contributed by atoms with Crippen molar-refractivity contribution in [3.05, 3.63) is 12.3 Å². The number of nitrogens with one attached hydrogen (secondary N) is 2. The van der Waals surface area contributed by atoms with Crippen LogP contribution in [0.25, 0.3) is 0 Å². The SMILES string of the molecule is CC(C)Oc1ccnc(NCCC2CCNC2)n1. The Bertz CT molecular complexity index is 364. The van der Waals surface area contributed by atoms with E-state index < -0.39 is 0 Å². The van der Waals surface area contributed by atoms with Crippen molar-refractivity contribution in [2.75, 3.05) is 25.0 Å². The third-order valence-electron chi connectivity index (χ3n) is 2.98. The Labute approximate surface area is 108 Å². The van der Waals surface area contributed by atoms with Gasteiger partial charge in [0.1, 0.15) is 0 Å². The quantitative estimate of drug-likeness (QED) is 0.804. The lowest BCUT2D eigenvalue weighted by atomic mass is 10.1. The van der Waals surface area contributed by atoms with E-state index in [-0.39, 0.29) is 6.10 Å². The van der Waals surface area contributed by atoms with E-state index >= 15 is 0 Å². The Morgan fingerprint density at radius 3 is 3.17 bits per heavy atom. The van der Waals surface area contributed by atoms with E-state index in [9.17, 15) is 0 Å². The first-order chi connectivity index (χ1) is 8.74. The highest BCUT2D eigenvalue weighted by atomic mass is 16.5. The van der Waals surface area contributed by atoms with Crippen LogP contribution in [0.5, 0.6) is 5.88 Å². The van der Waals surface area contributed by atoms with Crippen LogP contribution < -0.4 is 15.4 Å². The maximum absolute atomic E-state index is 5.53. The van der Waals surface area contributed by atoms with E-state index in [1.165, 1.54) is 6.42 Å². The molecule has 0 saturated carbocycles. The van der Waals surface area contributed by atoms with Crippen LogP contribution in [0.3, 0.4) is 0 Å². The molecule has 1 aromatic heterocycles. The zero-order chi connectivity index (χ0) is 12.8. The van der Waals surface area contributed by atoms with Crippen molar-refractivity contribution in [3.8, 4) is 5.88 Å². The lowest BCUT2D eigenvalue weighted by molar-refractivity contribution is 0.232. The van der Waals surface area contributed by atoms with Crippen molar-refractivity contribution in [3.63, 3.8) is 0 Å². The zero-order valence-electron chi connectivity index (χ0n) is 11.1. The van der Waals surface area contributed by atoms with E-state index in [4.69, 9.17) is 4.74 Å². The fraction of sp³-hybridized carbons (Fsp3) is 0.692. The second-order valence-electron chi connectivity index (χ2n) is 4.96. The van der Waals surface area contributed by atoms with Crippen LogP contribution in [0.2, 0.25) is 0 Å². The molecule has 2 N–H and O–H groups in total. The van der Waals surface area contributed by atoms with Crippen molar-refractivity contribution in [2.45, 2.75) is 32.8 Å². The van der Waals surface area contributed by atoms with Gasteiger partial charge in [-0.1, -0.05) is 0 Å². The first-order valence-electron chi connectivity index (χ1n) is 6.68. The smallest absolute Gasteiger partial charge is 0.225 e. The number of ether oxygens (including phenoxy) is 1. The molecule has 18 heavy (non-hydrogen) atoms. The average molecular weight is 250 g/mol. The van der Waals surface area contributed by atoms with Gasteiger partial charge in [-0.15, -0.1) is 0 Å². The Kier molecular flexibility index (Phi) is 4.75. The topological polar surface area (TPSA) is 59.1 Å². The first-order valence-corrected chi connectivity index (χ1v) is 6.68. The Morgan fingerprint density at radius 1 is 1.56 bits per heavy atom. The summed E-state index contributed by atoms with van der Waals surface area (Å²) in [4.78, 5) is 8.51. The van der Waals surface area contributed by atoms with Crippen LogP contribution >= 0.6 is 0 Å². The van der Waals surface area contributed by atoms with Gasteiger partial charge in [0.05, 0.1) is 6.10 Å². The second-order valence-corrected chi connectivity index (χ2v) is 4.96. The molecular weight excluding hydrogens is 228 g/mol. The summed E-state index contributed by atoms with van der Waals surface area (Å²) < 4.78 is 5.53. The molecule has 1 aliphatic heterocycles. The number of hydrogen-bond acceptors (Lipinski definition) is 5. The van der Waals surface area contributed by atoms with Gasteiger partial charge in [-0.2, -0.15) is 4.98 Å². The molecule has 5 nitrogen and oxygen atoms in total. The minimum atomic E-state index is 0.136. The maximum Gasteiger partial charge on any atom is 0.225 e. The molecule has 5 heteroatoms. The van der Waals surface area contributed by atoms with Gasteiger partial charge in [0, 0.05) is 18.8 Å². The van der Waals surface area contributed by atoms with Crippen molar-refractivity contribution in [1.82, 2.24) is 15.3 Å². The Morgan fingerprint density at radius 2 is 2.44 bits per heavy atom. The lowest BCUT2D eigenvalue weighted by Gasteiger charge is -2.11. The summed E-state index contributed by atoms with van der Waals surface area (Å²) in [5.41, 5.74) is 0. The van der Waals surface area contributed by atoms with Crippen LogP contribution in [-0.4, -0.2) is 35.7 Å². The van der Waals surface area contributed by atoms with Crippen LogP contribution in [0, 0.1) is 5.92 Å². The molecule has 0 spiro atoms. The lowest BCUT2D eigenvalue weighted by Crippen LogP contribution is -2.14. The molecule has 0 radical (unpaired) electrons. The first kappa shape index (κ1) is 13.1. The molecule has 0 bridgehead atoms. The van der Waals surface area contributed by atoms with E-state index in [2.05, 4.69) is 20.6 Å². The minimum absolute atomic E-state index is 0.136. The normalized spacial score (nSPS) is 19.2. The van der Waals surface area contributed by atoms with Gasteiger partial charge < -0.3 is 15.4 Å². The van der Waals surface area contributed by atoms with Gasteiger partial charge in [-0.25, -0.2) is 4.98 Å². The fourth-order valence-electron chi connectivity index (χ4n) is 2.08. The molecule has 0 aromatic carbocycles. The predicted molar refractivity (Wildman–Crippen MR) is 71.9 cm³/mol. The molecule has 2 rings (SSSR count). The molecule has 2 heterocycles. The molecule has 0 aliphatic carbocycles. The van der Waals surface area contributed by atoms with Crippen molar-refractivity contribution >= 4 is 5.95 Å². The largest absolute Gasteiger partial charge is 0.475 e. The number of rotatable bonds is 6. The van der Waals surface area contributed by atoms with Crippen LogP contribution in [0.4, 0.5) is 5.95 Å². The van der Waals surface area contributed by atoms with Crippen molar-refractivity contribution in [1.29, 1.82) is 0 Å². The number of hydrogen-bond donors (Lipinski definition) is 2. The third-order valence-corrected chi connectivity index (χ3v) is 2.98. The number of aromatic nitrogens is 2. The summed E-state index contributed by atoms with van der Waals surface area (Å²) >= 11 is 0. The maximum atomic E-state index is 5.53. The summed E-state index contributed by atoms with van der Waals surface area (Å²) in [5, 5.41) is 6.63. The summed E-state index contributed by atoms with van der Waals surface area (Å²) in [6.07, 6.45) is 4.30. The molecule has 0 amide bonds. The van der Waals surface area contributed by atoms with Gasteiger partial charge in [-0.3, -0.25) is 0 Å². The van der Waals surface area contributed by atoms with Crippen LogP contribution in [0.15, 0.2) is 12.3 Å². The van der Waals surface area contributed by atoms with Crippen molar-refractivity contribution < 1.29 is 4.74 Å². The molecule has 1 saturated heterocycles.